The first-order chi connectivity index (χ1) is 7.36. The van der Waals surface area contributed by atoms with E-state index in [4.69, 9.17) is 4.74 Å². The summed E-state index contributed by atoms with van der Waals surface area (Å²) in [6.07, 6.45) is 1.32. The lowest BCUT2D eigenvalue weighted by atomic mass is 10.0. The summed E-state index contributed by atoms with van der Waals surface area (Å²) in [5.74, 6) is 1.58. The third-order valence-corrected chi connectivity index (χ3v) is 3.14. The van der Waals surface area contributed by atoms with E-state index in [1.807, 2.05) is 7.05 Å². The van der Waals surface area contributed by atoms with Gasteiger partial charge in [-0.25, -0.2) is 0 Å². The summed E-state index contributed by atoms with van der Waals surface area (Å²) in [6, 6.07) is 8.64. The summed E-state index contributed by atoms with van der Waals surface area (Å²) >= 11 is 0. The van der Waals surface area contributed by atoms with Gasteiger partial charge in [-0.1, -0.05) is 24.3 Å². The lowest BCUT2D eigenvalue weighted by molar-refractivity contribution is 0.184. The zero-order valence-corrected chi connectivity index (χ0v) is 9.49. The van der Waals surface area contributed by atoms with Gasteiger partial charge in [-0.3, -0.25) is 0 Å². The van der Waals surface area contributed by atoms with Crippen LogP contribution in [0, 0.1) is 5.92 Å². The van der Waals surface area contributed by atoms with E-state index in [-0.39, 0.29) is 0 Å². The van der Waals surface area contributed by atoms with Gasteiger partial charge in [0.25, 0.3) is 0 Å². The maximum absolute atomic E-state index is 5.23. The molecule has 0 saturated heterocycles. The minimum atomic E-state index is 0.735. The van der Waals surface area contributed by atoms with Gasteiger partial charge in [0.05, 0.1) is 6.61 Å². The maximum atomic E-state index is 5.23. The molecule has 0 aromatic heterocycles. The van der Waals surface area contributed by atoms with Gasteiger partial charge in [0.2, 0.25) is 0 Å². The highest BCUT2D eigenvalue weighted by Crippen LogP contribution is 2.48. The third-order valence-electron chi connectivity index (χ3n) is 3.14. The van der Waals surface area contributed by atoms with E-state index >= 15 is 0 Å². The fraction of sp³-hybridized carbons (Fsp3) is 0.538. The van der Waals surface area contributed by atoms with E-state index in [2.05, 4.69) is 29.6 Å². The zero-order chi connectivity index (χ0) is 10.7. The third kappa shape index (κ3) is 2.39. The molecule has 1 fully saturated rings. The first-order valence-electron chi connectivity index (χ1n) is 5.58. The van der Waals surface area contributed by atoms with Crippen molar-refractivity contribution in [2.24, 2.45) is 5.92 Å². The monoisotopic (exact) mass is 205 g/mol. The van der Waals surface area contributed by atoms with Crippen LogP contribution < -0.4 is 5.32 Å². The van der Waals surface area contributed by atoms with Crippen LogP contribution in [0.2, 0.25) is 0 Å². The first kappa shape index (κ1) is 10.7. The topological polar surface area (TPSA) is 21.3 Å². The molecule has 0 spiro atoms. The molecule has 2 rings (SSSR count). The minimum Gasteiger partial charge on any atom is -0.380 e. The Balaban J connectivity index is 2.08. The summed E-state index contributed by atoms with van der Waals surface area (Å²) in [4.78, 5) is 0. The number of hydrogen-bond acceptors (Lipinski definition) is 2. The van der Waals surface area contributed by atoms with Gasteiger partial charge in [-0.05, 0) is 43.0 Å². The second-order valence-corrected chi connectivity index (χ2v) is 4.29. The summed E-state index contributed by atoms with van der Waals surface area (Å²) in [7, 11) is 3.78. The van der Waals surface area contributed by atoms with E-state index in [0.717, 1.165) is 25.0 Å². The van der Waals surface area contributed by atoms with E-state index < -0.39 is 0 Å². The molecule has 1 aliphatic rings. The van der Waals surface area contributed by atoms with Crippen molar-refractivity contribution >= 4 is 0 Å². The van der Waals surface area contributed by atoms with Crippen molar-refractivity contribution in [3.05, 3.63) is 35.4 Å². The van der Waals surface area contributed by atoms with Crippen LogP contribution in [0.3, 0.4) is 0 Å². The predicted octanol–water partition coefficient (Wildman–Crippen LogP) is 2.16. The fourth-order valence-electron chi connectivity index (χ4n) is 2.30. The molecule has 0 amide bonds. The Hall–Kier alpha value is -0.860. The summed E-state index contributed by atoms with van der Waals surface area (Å²) in [5.41, 5.74) is 2.84. The SMILES string of the molecule is CNCC1CC1c1ccccc1COC. The number of rotatable bonds is 5. The summed E-state index contributed by atoms with van der Waals surface area (Å²) < 4.78 is 5.23. The highest BCUT2D eigenvalue weighted by atomic mass is 16.5. The number of ether oxygens (including phenoxy) is 1. The van der Waals surface area contributed by atoms with Crippen LogP contribution >= 0.6 is 0 Å². The van der Waals surface area contributed by atoms with E-state index in [9.17, 15) is 0 Å². The van der Waals surface area contributed by atoms with Gasteiger partial charge in [0.15, 0.2) is 0 Å². The van der Waals surface area contributed by atoms with Crippen LogP contribution in [0.4, 0.5) is 0 Å². The van der Waals surface area contributed by atoms with Crippen molar-refractivity contribution in [1.82, 2.24) is 5.32 Å². The summed E-state index contributed by atoms with van der Waals surface area (Å²) in [6.45, 7) is 1.87. The second kappa shape index (κ2) is 4.77. The van der Waals surface area contributed by atoms with Crippen molar-refractivity contribution < 1.29 is 4.74 Å². The molecule has 0 aliphatic heterocycles. The Labute approximate surface area is 91.6 Å². The van der Waals surface area contributed by atoms with Crippen molar-refractivity contribution in [1.29, 1.82) is 0 Å². The maximum Gasteiger partial charge on any atom is 0.0715 e. The van der Waals surface area contributed by atoms with Crippen molar-refractivity contribution in [2.75, 3.05) is 20.7 Å². The Morgan fingerprint density at radius 2 is 2.20 bits per heavy atom. The molecule has 2 heteroatoms. The van der Waals surface area contributed by atoms with E-state index in [0.29, 0.717) is 0 Å². The smallest absolute Gasteiger partial charge is 0.0715 e. The fourth-order valence-corrected chi connectivity index (χ4v) is 2.30. The van der Waals surface area contributed by atoms with Crippen LogP contribution in [-0.2, 0) is 11.3 Å². The van der Waals surface area contributed by atoms with Crippen LogP contribution in [0.1, 0.15) is 23.5 Å². The highest BCUT2D eigenvalue weighted by Gasteiger charge is 2.38. The van der Waals surface area contributed by atoms with Crippen LogP contribution in [0.5, 0.6) is 0 Å². The van der Waals surface area contributed by atoms with Crippen molar-refractivity contribution in [3.63, 3.8) is 0 Å². The largest absolute Gasteiger partial charge is 0.380 e. The Bertz CT molecular complexity index is 324. The molecule has 0 bridgehead atoms. The standard InChI is InChI=1S/C13H19NO/c1-14-8-11-7-13(11)12-6-4-3-5-10(12)9-15-2/h3-6,11,13-14H,7-9H2,1-2H3. The van der Waals surface area contributed by atoms with Crippen LogP contribution in [0.15, 0.2) is 24.3 Å². The molecular weight excluding hydrogens is 186 g/mol. The quantitative estimate of drug-likeness (QED) is 0.795. The molecule has 1 N–H and O–H groups in total. The minimum absolute atomic E-state index is 0.735. The molecule has 1 aromatic carbocycles. The molecule has 0 heterocycles. The van der Waals surface area contributed by atoms with Gasteiger partial charge >= 0.3 is 0 Å². The molecule has 2 atom stereocenters. The average molecular weight is 205 g/mol. The Morgan fingerprint density at radius 3 is 2.93 bits per heavy atom. The molecule has 82 valence electrons. The normalized spacial score (nSPS) is 24.1. The lowest BCUT2D eigenvalue weighted by Gasteiger charge is -2.08. The summed E-state index contributed by atoms with van der Waals surface area (Å²) in [5, 5.41) is 3.25. The predicted molar refractivity (Wildman–Crippen MR) is 61.9 cm³/mol. The first-order valence-corrected chi connectivity index (χ1v) is 5.58. The molecular formula is C13H19NO. The van der Waals surface area contributed by atoms with Crippen LogP contribution in [-0.4, -0.2) is 20.7 Å². The molecule has 1 aliphatic carbocycles. The Morgan fingerprint density at radius 1 is 1.40 bits per heavy atom. The molecule has 1 aromatic rings. The molecule has 15 heavy (non-hydrogen) atoms. The van der Waals surface area contributed by atoms with Gasteiger partial charge < -0.3 is 10.1 Å². The number of hydrogen-bond donors (Lipinski definition) is 1. The van der Waals surface area contributed by atoms with E-state index in [1.54, 1.807) is 7.11 Å². The van der Waals surface area contributed by atoms with Crippen molar-refractivity contribution in [2.45, 2.75) is 18.9 Å². The number of methoxy groups -OCH3 is 1. The van der Waals surface area contributed by atoms with Gasteiger partial charge in [0.1, 0.15) is 0 Å². The van der Waals surface area contributed by atoms with Gasteiger partial charge in [-0.2, -0.15) is 0 Å². The molecule has 1 saturated carbocycles. The molecule has 2 nitrogen and oxygen atoms in total. The molecule has 0 radical (unpaired) electrons. The molecule has 2 unspecified atom stereocenters. The second-order valence-electron chi connectivity index (χ2n) is 4.29. The highest BCUT2D eigenvalue weighted by molar-refractivity contribution is 5.34. The van der Waals surface area contributed by atoms with Crippen LogP contribution in [0.25, 0.3) is 0 Å². The number of benzene rings is 1. The Kier molecular flexibility index (Phi) is 3.39. The van der Waals surface area contributed by atoms with Gasteiger partial charge in [0, 0.05) is 7.11 Å². The van der Waals surface area contributed by atoms with Gasteiger partial charge in [-0.15, -0.1) is 0 Å². The average Bonchev–Trinajstić information content (AvgIpc) is 2.99. The number of nitrogens with one attached hydrogen (secondary N) is 1. The van der Waals surface area contributed by atoms with E-state index in [1.165, 1.54) is 17.5 Å². The lowest BCUT2D eigenvalue weighted by Crippen LogP contribution is -2.10. The zero-order valence-electron chi connectivity index (χ0n) is 9.49. The van der Waals surface area contributed by atoms with Crippen molar-refractivity contribution in [3.8, 4) is 0 Å².